The molecular weight excluding hydrogens is 302 g/mol. The van der Waals surface area contributed by atoms with E-state index >= 15 is 0 Å². The highest BCUT2D eigenvalue weighted by molar-refractivity contribution is 7.09. The normalized spacial score (nSPS) is 23.5. The maximum atomic E-state index is 2.72. The Morgan fingerprint density at radius 2 is 1.74 bits per heavy atom. The van der Waals surface area contributed by atoms with Crippen molar-refractivity contribution in [2.75, 3.05) is 44.2 Å². The largest absolute Gasteiger partial charge is 0.370 e. The zero-order valence-electron chi connectivity index (χ0n) is 13.6. The topological polar surface area (TPSA) is 9.72 Å². The van der Waals surface area contributed by atoms with E-state index < -0.39 is 0 Å². The summed E-state index contributed by atoms with van der Waals surface area (Å²) in [6.07, 6.45) is 1.31. The van der Waals surface area contributed by atoms with E-state index in [0.29, 0.717) is 0 Å². The second-order valence-corrected chi connectivity index (χ2v) is 7.65. The molecule has 0 aliphatic carbocycles. The first-order chi connectivity index (χ1) is 11.4. The standard InChI is InChI=1S/C19H25N3S/c1-2-5-17(6-3-1)22-9-8-18(15-22)21-12-10-20(11-13-21)16-19-7-4-14-23-19/h1-7,14,18H,8-13,15-16H2/t18-/m0/s1. The number of para-hydroxylation sites is 1. The Balaban J connectivity index is 1.28. The minimum absolute atomic E-state index is 0.735. The molecule has 23 heavy (non-hydrogen) atoms. The lowest BCUT2D eigenvalue weighted by Gasteiger charge is -2.37. The van der Waals surface area contributed by atoms with Gasteiger partial charge in [-0.1, -0.05) is 24.3 Å². The highest BCUT2D eigenvalue weighted by atomic mass is 32.1. The van der Waals surface area contributed by atoms with Crippen molar-refractivity contribution < 1.29 is 0 Å². The summed E-state index contributed by atoms with van der Waals surface area (Å²) in [6, 6.07) is 16.0. The molecule has 2 aliphatic rings. The van der Waals surface area contributed by atoms with Crippen LogP contribution in [0.2, 0.25) is 0 Å². The van der Waals surface area contributed by atoms with Crippen molar-refractivity contribution in [3.63, 3.8) is 0 Å². The van der Waals surface area contributed by atoms with E-state index in [-0.39, 0.29) is 0 Å². The quantitative estimate of drug-likeness (QED) is 0.854. The van der Waals surface area contributed by atoms with E-state index in [1.807, 2.05) is 11.3 Å². The van der Waals surface area contributed by atoms with Crippen molar-refractivity contribution >= 4 is 17.0 Å². The van der Waals surface area contributed by atoms with Crippen molar-refractivity contribution in [2.24, 2.45) is 0 Å². The van der Waals surface area contributed by atoms with Gasteiger partial charge < -0.3 is 4.90 Å². The summed E-state index contributed by atoms with van der Waals surface area (Å²) in [4.78, 5) is 9.36. The summed E-state index contributed by atoms with van der Waals surface area (Å²) < 4.78 is 0. The van der Waals surface area contributed by atoms with E-state index in [0.717, 1.165) is 12.6 Å². The number of piperazine rings is 1. The van der Waals surface area contributed by atoms with E-state index in [2.05, 4.69) is 62.5 Å². The van der Waals surface area contributed by atoms with Crippen LogP contribution in [0.15, 0.2) is 47.8 Å². The van der Waals surface area contributed by atoms with E-state index in [4.69, 9.17) is 0 Å². The Bertz CT molecular complexity index is 590. The average molecular weight is 327 g/mol. The number of nitrogens with zero attached hydrogens (tertiary/aromatic N) is 3. The molecule has 2 saturated heterocycles. The Hall–Kier alpha value is -1.36. The van der Waals surface area contributed by atoms with Crippen LogP contribution in [0.1, 0.15) is 11.3 Å². The van der Waals surface area contributed by atoms with Gasteiger partial charge in [0.25, 0.3) is 0 Å². The second kappa shape index (κ2) is 7.04. The zero-order chi connectivity index (χ0) is 15.5. The van der Waals surface area contributed by atoms with Crippen LogP contribution in [0.5, 0.6) is 0 Å². The zero-order valence-corrected chi connectivity index (χ0v) is 14.4. The Morgan fingerprint density at radius 1 is 0.913 bits per heavy atom. The summed E-state index contributed by atoms with van der Waals surface area (Å²) in [6.45, 7) is 8.38. The van der Waals surface area contributed by atoms with Crippen LogP contribution < -0.4 is 4.90 Å². The molecule has 1 atom stereocenters. The number of hydrogen-bond acceptors (Lipinski definition) is 4. The maximum absolute atomic E-state index is 2.72. The molecule has 2 aromatic rings. The van der Waals surface area contributed by atoms with Gasteiger partial charge >= 0.3 is 0 Å². The molecule has 0 spiro atoms. The van der Waals surface area contributed by atoms with Gasteiger partial charge in [-0.15, -0.1) is 11.3 Å². The molecule has 2 aliphatic heterocycles. The lowest BCUT2D eigenvalue weighted by Crippen LogP contribution is -2.50. The van der Waals surface area contributed by atoms with Crippen LogP contribution in [-0.2, 0) is 6.54 Å². The molecular formula is C19H25N3S. The Kier molecular flexibility index (Phi) is 4.64. The van der Waals surface area contributed by atoms with Gasteiger partial charge in [0.15, 0.2) is 0 Å². The molecule has 0 N–H and O–H groups in total. The smallest absolute Gasteiger partial charge is 0.0366 e. The van der Waals surface area contributed by atoms with Gasteiger partial charge in [0.05, 0.1) is 0 Å². The Morgan fingerprint density at radius 3 is 2.48 bits per heavy atom. The third-order valence-corrected chi connectivity index (χ3v) is 6.03. The lowest BCUT2D eigenvalue weighted by molar-refractivity contribution is 0.0993. The molecule has 0 saturated carbocycles. The molecule has 4 rings (SSSR count). The average Bonchev–Trinajstić information content (AvgIpc) is 3.28. The minimum atomic E-state index is 0.735. The van der Waals surface area contributed by atoms with Crippen LogP contribution in [0.4, 0.5) is 5.69 Å². The molecule has 2 fully saturated rings. The molecule has 1 aromatic carbocycles. The number of benzene rings is 1. The predicted octanol–water partition coefficient (Wildman–Crippen LogP) is 3.14. The SMILES string of the molecule is c1ccc(N2CC[C@H](N3CCN(Cc4cccs4)CC3)C2)cc1. The molecule has 1 aromatic heterocycles. The van der Waals surface area contributed by atoms with Crippen LogP contribution >= 0.6 is 11.3 Å². The molecule has 122 valence electrons. The van der Waals surface area contributed by atoms with Crippen LogP contribution in [0, 0.1) is 0 Å². The van der Waals surface area contributed by atoms with Crippen molar-refractivity contribution in [2.45, 2.75) is 19.0 Å². The molecule has 4 heteroatoms. The van der Waals surface area contributed by atoms with Crippen molar-refractivity contribution in [1.82, 2.24) is 9.80 Å². The van der Waals surface area contributed by atoms with E-state index in [1.165, 1.54) is 56.3 Å². The summed E-state index contributed by atoms with van der Waals surface area (Å²) >= 11 is 1.88. The van der Waals surface area contributed by atoms with Gasteiger partial charge in [0.1, 0.15) is 0 Å². The number of anilines is 1. The first kappa shape index (κ1) is 15.2. The molecule has 0 bridgehead atoms. The first-order valence-electron chi connectivity index (χ1n) is 8.67. The van der Waals surface area contributed by atoms with Gasteiger partial charge in [-0.25, -0.2) is 0 Å². The monoisotopic (exact) mass is 327 g/mol. The summed E-state index contributed by atoms with van der Waals surface area (Å²) in [7, 11) is 0. The predicted molar refractivity (Wildman–Crippen MR) is 98.2 cm³/mol. The van der Waals surface area contributed by atoms with Crippen LogP contribution in [0.3, 0.4) is 0 Å². The number of hydrogen-bond donors (Lipinski definition) is 0. The molecule has 0 amide bonds. The third kappa shape index (κ3) is 3.60. The van der Waals surface area contributed by atoms with Gasteiger partial charge in [-0.2, -0.15) is 0 Å². The third-order valence-electron chi connectivity index (χ3n) is 5.17. The molecule has 0 unspecified atom stereocenters. The highest BCUT2D eigenvalue weighted by Crippen LogP contribution is 2.24. The van der Waals surface area contributed by atoms with Crippen molar-refractivity contribution in [1.29, 1.82) is 0 Å². The van der Waals surface area contributed by atoms with Gasteiger partial charge in [-0.05, 0) is 30.0 Å². The van der Waals surface area contributed by atoms with E-state index in [1.54, 1.807) is 0 Å². The minimum Gasteiger partial charge on any atom is -0.370 e. The molecule has 3 nitrogen and oxygen atoms in total. The van der Waals surface area contributed by atoms with Crippen LogP contribution in [0.25, 0.3) is 0 Å². The summed E-state index contributed by atoms with van der Waals surface area (Å²) in [5, 5.41) is 2.18. The summed E-state index contributed by atoms with van der Waals surface area (Å²) in [5.74, 6) is 0. The number of rotatable bonds is 4. The maximum Gasteiger partial charge on any atom is 0.0366 e. The van der Waals surface area contributed by atoms with Crippen LogP contribution in [-0.4, -0.2) is 55.1 Å². The fourth-order valence-corrected chi connectivity index (χ4v) is 4.57. The van der Waals surface area contributed by atoms with Gasteiger partial charge in [-0.3, -0.25) is 9.80 Å². The number of thiophene rings is 1. The first-order valence-corrected chi connectivity index (χ1v) is 9.55. The highest BCUT2D eigenvalue weighted by Gasteiger charge is 2.30. The molecule has 0 radical (unpaired) electrons. The van der Waals surface area contributed by atoms with Crippen molar-refractivity contribution in [3.05, 3.63) is 52.7 Å². The van der Waals surface area contributed by atoms with Gasteiger partial charge in [0, 0.05) is 62.4 Å². The fourth-order valence-electron chi connectivity index (χ4n) is 3.82. The van der Waals surface area contributed by atoms with Crippen molar-refractivity contribution in [3.8, 4) is 0 Å². The summed E-state index contributed by atoms with van der Waals surface area (Å²) in [5.41, 5.74) is 1.38. The second-order valence-electron chi connectivity index (χ2n) is 6.62. The molecule has 3 heterocycles. The fraction of sp³-hybridized carbons (Fsp3) is 0.474. The van der Waals surface area contributed by atoms with E-state index in [9.17, 15) is 0 Å². The Labute approximate surface area is 143 Å². The lowest BCUT2D eigenvalue weighted by atomic mass is 10.2. The van der Waals surface area contributed by atoms with Gasteiger partial charge in [0.2, 0.25) is 0 Å².